The molecule has 98 valence electrons. The van der Waals surface area contributed by atoms with E-state index in [4.69, 9.17) is 4.42 Å². The normalized spacial score (nSPS) is 14.9. The third kappa shape index (κ3) is 5.13. The maximum Gasteiger partial charge on any atom is 0.256 e. The van der Waals surface area contributed by atoms with Crippen molar-refractivity contribution in [1.29, 1.82) is 0 Å². The summed E-state index contributed by atoms with van der Waals surface area (Å²) in [7, 11) is 0. The number of thioether (sulfide) groups is 1. The van der Waals surface area contributed by atoms with Crippen LogP contribution in [0.5, 0.6) is 0 Å². The summed E-state index contributed by atoms with van der Waals surface area (Å²) >= 11 is 1.70. The van der Waals surface area contributed by atoms with Gasteiger partial charge in [0.1, 0.15) is 5.76 Å². The molecule has 4 heteroatoms. The minimum atomic E-state index is 0.478. The Morgan fingerprint density at radius 3 is 2.59 bits per heavy atom. The summed E-state index contributed by atoms with van der Waals surface area (Å²) in [4.78, 5) is 4.38. The average molecular weight is 256 g/mol. The van der Waals surface area contributed by atoms with Crippen molar-refractivity contribution in [3.63, 3.8) is 0 Å². The van der Waals surface area contributed by atoms with Gasteiger partial charge >= 0.3 is 0 Å². The molecule has 0 aromatic carbocycles. The van der Waals surface area contributed by atoms with Gasteiger partial charge in [-0.2, -0.15) is 0 Å². The highest BCUT2D eigenvalue weighted by Gasteiger charge is 2.11. The van der Waals surface area contributed by atoms with Crippen LogP contribution in [0.25, 0.3) is 0 Å². The summed E-state index contributed by atoms with van der Waals surface area (Å²) in [5.74, 6) is 0.923. The van der Waals surface area contributed by atoms with Crippen molar-refractivity contribution in [3.05, 3.63) is 11.5 Å². The molecular formula is C13H24N2OS. The van der Waals surface area contributed by atoms with E-state index >= 15 is 0 Å². The number of nitrogens with zero attached hydrogens (tertiary/aromatic N) is 1. The van der Waals surface area contributed by atoms with E-state index in [0.29, 0.717) is 11.3 Å². The van der Waals surface area contributed by atoms with Crippen molar-refractivity contribution in [3.8, 4) is 0 Å². The zero-order chi connectivity index (χ0) is 12.8. The highest BCUT2D eigenvalue weighted by Crippen LogP contribution is 2.24. The zero-order valence-electron chi connectivity index (χ0n) is 11.5. The van der Waals surface area contributed by atoms with Crippen LogP contribution in [0.3, 0.4) is 0 Å². The number of oxazole rings is 1. The van der Waals surface area contributed by atoms with Crippen LogP contribution in [0.15, 0.2) is 9.64 Å². The van der Waals surface area contributed by atoms with Gasteiger partial charge in [-0.25, -0.2) is 4.98 Å². The van der Waals surface area contributed by atoms with Gasteiger partial charge in [0.15, 0.2) is 0 Å². The Kier molecular flexibility index (Phi) is 6.06. The molecule has 1 heterocycles. The molecule has 1 aromatic rings. The lowest BCUT2D eigenvalue weighted by Gasteiger charge is -2.15. The lowest BCUT2D eigenvalue weighted by atomic mass is 10.2. The molecule has 1 rings (SSSR count). The smallest absolute Gasteiger partial charge is 0.256 e. The van der Waals surface area contributed by atoms with Gasteiger partial charge in [0.25, 0.3) is 5.22 Å². The fourth-order valence-electron chi connectivity index (χ4n) is 1.61. The quantitative estimate of drug-likeness (QED) is 0.757. The Balaban J connectivity index is 2.31. The molecule has 0 amide bonds. The van der Waals surface area contributed by atoms with Crippen molar-refractivity contribution < 1.29 is 4.42 Å². The summed E-state index contributed by atoms with van der Waals surface area (Å²) in [6.07, 6.45) is 2.46. The maximum atomic E-state index is 5.56. The summed E-state index contributed by atoms with van der Waals surface area (Å²) < 4.78 is 5.56. The van der Waals surface area contributed by atoms with E-state index in [2.05, 4.69) is 31.1 Å². The van der Waals surface area contributed by atoms with E-state index in [1.54, 1.807) is 11.8 Å². The van der Waals surface area contributed by atoms with Crippen molar-refractivity contribution >= 4 is 11.8 Å². The molecule has 2 atom stereocenters. The predicted molar refractivity (Wildman–Crippen MR) is 73.7 cm³/mol. The van der Waals surface area contributed by atoms with E-state index in [1.807, 2.05) is 13.8 Å². The monoisotopic (exact) mass is 256 g/mol. The SMILES string of the molecule is CCCC(C)NCC(C)Sc1nc(C)c(C)o1. The second kappa shape index (κ2) is 7.07. The number of nitrogens with one attached hydrogen (secondary N) is 1. The average Bonchev–Trinajstić information content (AvgIpc) is 2.55. The molecule has 0 aliphatic rings. The highest BCUT2D eigenvalue weighted by atomic mass is 32.2. The first-order valence-electron chi connectivity index (χ1n) is 6.37. The van der Waals surface area contributed by atoms with Gasteiger partial charge in [0.05, 0.1) is 5.69 Å². The summed E-state index contributed by atoms with van der Waals surface area (Å²) in [6, 6.07) is 0.594. The standard InChI is InChI=1S/C13H24N2OS/c1-6-7-9(2)14-8-10(3)17-13-15-11(4)12(5)16-13/h9-10,14H,6-8H2,1-5H3. The molecule has 0 fully saturated rings. The van der Waals surface area contributed by atoms with Gasteiger partial charge in [0, 0.05) is 17.8 Å². The lowest BCUT2D eigenvalue weighted by Crippen LogP contribution is -2.31. The molecule has 0 aliphatic carbocycles. The fourth-order valence-corrected chi connectivity index (χ4v) is 2.50. The first kappa shape index (κ1) is 14.6. The van der Waals surface area contributed by atoms with Crippen LogP contribution in [0.1, 0.15) is 45.1 Å². The molecule has 0 saturated carbocycles. The second-order valence-electron chi connectivity index (χ2n) is 4.65. The Bertz CT molecular complexity index is 319. The van der Waals surface area contributed by atoms with Crippen LogP contribution in [0.4, 0.5) is 0 Å². The molecule has 1 N–H and O–H groups in total. The number of hydrogen-bond acceptors (Lipinski definition) is 4. The Morgan fingerprint density at radius 1 is 1.35 bits per heavy atom. The minimum absolute atomic E-state index is 0.478. The molecule has 0 spiro atoms. The molecule has 3 nitrogen and oxygen atoms in total. The molecule has 2 unspecified atom stereocenters. The maximum absolute atomic E-state index is 5.56. The molecule has 0 saturated heterocycles. The minimum Gasteiger partial charge on any atom is -0.437 e. The number of aryl methyl sites for hydroxylation is 2. The first-order chi connectivity index (χ1) is 8.02. The molecule has 0 bridgehead atoms. The van der Waals surface area contributed by atoms with E-state index in [9.17, 15) is 0 Å². The van der Waals surface area contributed by atoms with E-state index in [0.717, 1.165) is 23.2 Å². The topological polar surface area (TPSA) is 38.1 Å². The van der Waals surface area contributed by atoms with Crippen molar-refractivity contribution in [2.75, 3.05) is 6.54 Å². The molecule has 1 aromatic heterocycles. The van der Waals surface area contributed by atoms with Crippen LogP contribution in [-0.2, 0) is 0 Å². The number of rotatable bonds is 7. The van der Waals surface area contributed by atoms with Gasteiger partial charge in [-0.05, 0) is 27.2 Å². The van der Waals surface area contributed by atoms with Crippen molar-refractivity contribution in [2.45, 2.75) is 64.0 Å². The molecule has 0 aliphatic heterocycles. The zero-order valence-corrected chi connectivity index (χ0v) is 12.4. The third-order valence-corrected chi connectivity index (χ3v) is 3.73. The van der Waals surface area contributed by atoms with Gasteiger partial charge in [-0.15, -0.1) is 0 Å². The van der Waals surface area contributed by atoms with Crippen molar-refractivity contribution in [1.82, 2.24) is 10.3 Å². The molecule has 0 radical (unpaired) electrons. The highest BCUT2D eigenvalue weighted by molar-refractivity contribution is 7.99. The fraction of sp³-hybridized carbons (Fsp3) is 0.769. The van der Waals surface area contributed by atoms with Gasteiger partial charge in [0.2, 0.25) is 0 Å². The largest absolute Gasteiger partial charge is 0.437 e. The van der Waals surface area contributed by atoms with E-state index in [1.165, 1.54) is 12.8 Å². The van der Waals surface area contributed by atoms with Crippen LogP contribution in [0.2, 0.25) is 0 Å². The van der Waals surface area contributed by atoms with Crippen LogP contribution < -0.4 is 5.32 Å². The van der Waals surface area contributed by atoms with Gasteiger partial charge < -0.3 is 9.73 Å². The number of aromatic nitrogens is 1. The number of hydrogen-bond donors (Lipinski definition) is 1. The Morgan fingerprint density at radius 2 is 2.06 bits per heavy atom. The summed E-state index contributed by atoms with van der Waals surface area (Å²) in [5, 5.41) is 4.80. The van der Waals surface area contributed by atoms with Gasteiger partial charge in [-0.1, -0.05) is 32.0 Å². The Labute approximate surface area is 109 Å². The van der Waals surface area contributed by atoms with Crippen molar-refractivity contribution in [2.24, 2.45) is 0 Å². The first-order valence-corrected chi connectivity index (χ1v) is 7.25. The second-order valence-corrected chi connectivity index (χ2v) is 6.04. The predicted octanol–water partition coefficient (Wildman–Crippen LogP) is 3.55. The summed E-state index contributed by atoms with van der Waals surface area (Å²) in [5.41, 5.74) is 0.993. The van der Waals surface area contributed by atoms with E-state index in [-0.39, 0.29) is 0 Å². The molecular weight excluding hydrogens is 232 g/mol. The lowest BCUT2D eigenvalue weighted by molar-refractivity contribution is 0.429. The summed E-state index contributed by atoms with van der Waals surface area (Å²) in [6.45, 7) is 11.6. The Hall–Kier alpha value is -0.480. The molecule has 17 heavy (non-hydrogen) atoms. The van der Waals surface area contributed by atoms with E-state index < -0.39 is 0 Å². The third-order valence-electron chi connectivity index (χ3n) is 2.79. The van der Waals surface area contributed by atoms with Crippen LogP contribution in [0, 0.1) is 13.8 Å². The van der Waals surface area contributed by atoms with Gasteiger partial charge in [-0.3, -0.25) is 0 Å². The van der Waals surface area contributed by atoms with Crippen LogP contribution >= 0.6 is 11.8 Å². The van der Waals surface area contributed by atoms with Crippen LogP contribution in [-0.4, -0.2) is 22.8 Å².